The Labute approximate surface area is 179 Å². The number of piperidine rings is 1. The van der Waals surface area contributed by atoms with Crippen molar-refractivity contribution in [2.45, 2.75) is 51.0 Å². The van der Waals surface area contributed by atoms with Gasteiger partial charge in [0.15, 0.2) is 27.8 Å². The number of rotatable bonds is 5. The second-order valence-corrected chi connectivity index (χ2v) is 8.12. The van der Waals surface area contributed by atoms with Crippen molar-refractivity contribution in [1.29, 1.82) is 0 Å². The number of nitrogens with one attached hydrogen (secondary N) is 2. The third kappa shape index (κ3) is 5.08. The number of carbonyl (C=O) groups excluding carboxylic acids is 2. The number of nitrogens with two attached hydrogens (primary N) is 1. The van der Waals surface area contributed by atoms with Crippen molar-refractivity contribution in [3.05, 3.63) is 16.0 Å². The molecule has 0 aliphatic carbocycles. The molecule has 0 radical (unpaired) electrons. The number of hydrogen-bond acceptors (Lipinski definition) is 7. The lowest BCUT2D eigenvalue weighted by Gasteiger charge is -2.39. The van der Waals surface area contributed by atoms with Gasteiger partial charge < -0.3 is 16.0 Å². The lowest BCUT2D eigenvalue weighted by Crippen LogP contribution is -2.56. The number of guanidine groups is 1. The van der Waals surface area contributed by atoms with Crippen molar-refractivity contribution in [3.63, 3.8) is 0 Å². The van der Waals surface area contributed by atoms with Crippen molar-refractivity contribution < 1.29 is 9.59 Å². The van der Waals surface area contributed by atoms with Crippen LogP contribution in [0.3, 0.4) is 0 Å². The number of aromatic nitrogens is 2. The summed E-state index contributed by atoms with van der Waals surface area (Å²) < 4.78 is 0. The number of likely N-dealkylation sites (tertiary alicyclic amines) is 1. The highest BCUT2D eigenvalue weighted by Gasteiger charge is 2.40. The van der Waals surface area contributed by atoms with Gasteiger partial charge in [0.1, 0.15) is 0 Å². The maximum atomic E-state index is 12.5. The molecule has 1 saturated heterocycles. The molecule has 2 amide bonds. The van der Waals surface area contributed by atoms with Crippen molar-refractivity contribution in [3.8, 4) is 0 Å². The van der Waals surface area contributed by atoms with E-state index in [-0.39, 0.29) is 33.3 Å². The number of unbranched alkanes of at least 4 members (excludes halogenated alkanes) is 2. The fourth-order valence-electron chi connectivity index (χ4n) is 3.50. The lowest BCUT2D eigenvalue weighted by atomic mass is 9.88. The van der Waals surface area contributed by atoms with E-state index in [1.54, 1.807) is 0 Å². The number of hydrogen-bond donors (Lipinski definition) is 3. The third-order valence-corrected chi connectivity index (χ3v) is 5.81. The maximum absolute atomic E-state index is 12.5. The van der Waals surface area contributed by atoms with Crippen LogP contribution in [0.15, 0.2) is 4.99 Å². The minimum absolute atomic E-state index is 0.0421. The van der Waals surface area contributed by atoms with Gasteiger partial charge in [0.05, 0.1) is 12.1 Å². The predicted octanol–water partition coefficient (Wildman–Crippen LogP) is 2.00. The smallest absolute Gasteiger partial charge is 0.279 e. The number of amides is 2. The summed E-state index contributed by atoms with van der Waals surface area (Å²) in [6.07, 6.45) is 5.27. The molecule has 9 nitrogen and oxygen atoms in total. The molecule has 1 aromatic rings. The molecule has 0 bridgehead atoms. The van der Waals surface area contributed by atoms with Crippen LogP contribution in [-0.2, 0) is 4.79 Å². The zero-order valence-electron chi connectivity index (χ0n) is 16.3. The zero-order valence-corrected chi connectivity index (χ0v) is 17.8. The van der Waals surface area contributed by atoms with E-state index < -0.39 is 5.91 Å². The Hall–Kier alpha value is -2.13. The molecule has 11 heteroatoms. The molecule has 29 heavy (non-hydrogen) atoms. The summed E-state index contributed by atoms with van der Waals surface area (Å²) in [5.41, 5.74) is 5.15. The first-order chi connectivity index (χ1) is 13.8. The molecule has 158 valence electrons. The molecule has 4 N–H and O–H groups in total. The molecule has 1 aromatic heterocycles. The van der Waals surface area contributed by atoms with E-state index in [2.05, 4.69) is 32.5 Å². The van der Waals surface area contributed by atoms with E-state index in [4.69, 9.17) is 28.9 Å². The van der Waals surface area contributed by atoms with E-state index in [0.717, 1.165) is 32.1 Å². The number of aliphatic imine (C=N–C) groups is 1. The van der Waals surface area contributed by atoms with Crippen molar-refractivity contribution in [1.82, 2.24) is 25.5 Å². The van der Waals surface area contributed by atoms with Crippen LogP contribution in [-0.4, -0.2) is 57.8 Å². The fraction of sp³-hybridized carbons (Fsp3) is 0.611. The first kappa shape index (κ1) is 21.6. The molecule has 3 heterocycles. The highest BCUT2D eigenvalue weighted by Crippen LogP contribution is 2.26. The summed E-state index contributed by atoms with van der Waals surface area (Å²) in [7, 11) is 0. The van der Waals surface area contributed by atoms with Crippen LogP contribution in [0.1, 0.15) is 55.9 Å². The first-order valence-electron chi connectivity index (χ1n) is 9.74. The van der Waals surface area contributed by atoms with Gasteiger partial charge in [0.2, 0.25) is 5.91 Å². The Bertz CT molecular complexity index is 823. The molecular formula is C18H25Cl2N7O2. The summed E-state index contributed by atoms with van der Waals surface area (Å²) in [5, 5.41) is 5.73. The van der Waals surface area contributed by atoms with Gasteiger partial charge in [-0.05, 0) is 19.3 Å². The summed E-state index contributed by atoms with van der Waals surface area (Å²) in [4.78, 5) is 38.8. The second kappa shape index (κ2) is 9.13. The molecule has 3 rings (SSSR count). The Morgan fingerprint density at radius 3 is 2.62 bits per heavy atom. The second-order valence-electron chi connectivity index (χ2n) is 7.40. The Morgan fingerprint density at radius 1 is 1.21 bits per heavy atom. The van der Waals surface area contributed by atoms with Crippen LogP contribution in [0.5, 0.6) is 0 Å². The van der Waals surface area contributed by atoms with Crippen LogP contribution in [0.4, 0.5) is 5.82 Å². The average molecular weight is 442 g/mol. The van der Waals surface area contributed by atoms with Crippen LogP contribution in [0.2, 0.25) is 10.3 Å². The minimum atomic E-state index is -0.573. The van der Waals surface area contributed by atoms with Gasteiger partial charge in [-0.1, -0.05) is 43.0 Å². The monoisotopic (exact) mass is 441 g/mol. The Kier molecular flexibility index (Phi) is 6.79. The summed E-state index contributed by atoms with van der Waals surface area (Å²) in [6.45, 7) is 4.02. The van der Waals surface area contributed by atoms with Crippen LogP contribution in [0, 0.1) is 0 Å². The highest BCUT2D eigenvalue weighted by atomic mass is 35.5. The van der Waals surface area contributed by atoms with Gasteiger partial charge in [-0.2, -0.15) is 0 Å². The van der Waals surface area contributed by atoms with E-state index in [9.17, 15) is 9.59 Å². The molecule has 0 atom stereocenters. The van der Waals surface area contributed by atoms with Gasteiger partial charge in [-0.25, -0.2) is 9.97 Å². The van der Waals surface area contributed by atoms with Crippen LogP contribution < -0.4 is 16.4 Å². The Morgan fingerprint density at radius 2 is 1.93 bits per heavy atom. The molecule has 1 fully saturated rings. The third-order valence-electron chi connectivity index (χ3n) is 5.27. The number of anilines is 1. The topological polar surface area (TPSA) is 126 Å². The molecule has 1 spiro atoms. The molecule has 2 aliphatic rings. The quantitative estimate of drug-likeness (QED) is 0.599. The number of halogens is 2. The first-order valence-corrected chi connectivity index (χ1v) is 10.5. The van der Waals surface area contributed by atoms with Crippen molar-refractivity contribution >= 4 is 46.8 Å². The predicted molar refractivity (Wildman–Crippen MR) is 112 cm³/mol. The number of nitrogens with zero attached hydrogens (tertiary/aromatic N) is 4. The molecule has 2 aliphatic heterocycles. The van der Waals surface area contributed by atoms with Gasteiger partial charge in [0, 0.05) is 19.5 Å². The molecule has 0 saturated carbocycles. The molecular weight excluding hydrogens is 417 g/mol. The largest absolute Gasteiger partial charge is 0.381 e. The van der Waals surface area contributed by atoms with E-state index >= 15 is 0 Å². The van der Waals surface area contributed by atoms with Crippen molar-refractivity contribution in [2.75, 3.05) is 25.4 Å². The molecule has 0 unspecified atom stereocenters. The number of nitrogen functional groups attached to an aromatic ring is 1. The van der Waals surface area contributed by atoms with Gasteiger partial charge in [-0.3, -0.25) is 19.9 Å². The fourth-order valence-corrected chi connectivity index (χ4v) is 3.85. The van der Waals surface area contributed by atoms with E-state index in [1.807, 2.05) is 4.90 Å². The van der Waals surface area contributed by atoms with Crippen LogP contribution >= 0.6 is 23.2 Å². The summed E-state index contributed by atoms with van der Waals surface area (Å²) in [5.74, 6) is -0.0477. The molecule has 0 aromatic carbocycles. The van der Waals surface area contributed by atoms with Crippen molar-refractivity contribution in [2.24, 2.45) is 4.99 Å². The lowest BCUT2D eigenvalue weighted by molar-refractivity contribution is -0.132. The Balaban J connectivity index is 1.52. The average Bonchev–Trinajstić information content (AvgIpc) is 3.07. The van der Waals surface area contributed by atoms with E-state index in [0.29, 0.717) is 32.0 Å². The van der Waals surface area contributed by atoms with Gasteiger partial charge in [-0.15, -0.1) is 0 Å². The minimum Gasteiger partial charge on any atom is -0.381 e. The SMILES string of the molecule is CCCCCC(=O)N1CCC2(CC1)CN=C(NC(=O)c1nc(Cl)c(N)nc1Cl)N2. The summed E-state index contributed by atoms with van der Waals surface area (Å²) in [6, 6.07) is 0. The van der Waals surface area contributed by atoms with Gasteiger partial charge in [0.25, 0.3) is 5.91 Å². The maximum Gasteiger partial charge on any atom is 0.279 e. The zero-order chi connectivity index (χ0) is 21.0. The normalized spacial score (nSPS) is 17.8. The standard InChI is InChI=1S/C18H25Cl2N7O2/c1-2-3-4-5-11(28)27-8-6-18(7-9-27)10-22-17(26-18)25-16(29)12-13(19)24-15(21)14(20)23-12/h2-10H2,1H3,(H2,21,24)(H2,22,25,26,29). The highest BCUT2D eigenvalue weighted by molar-refractivity contribution is 6.35. The number of carbonyl (C=O) groups is 2. The van der Waals surface area contributed by atoms with Crippen LogP contribution in [0.25, 0.3) is 0 Å². The summed E-state index contributed by atoms with van der Waals surface area (Å²) >= 11 is 11.8. The van der Waals surface area contributed by atoms with E-state index in [1.165, 1.54) is 0 Å². The van der Waals surface area contributed by atoms with Gasteiger partial charge >= 0.3 is 0 Å².